The average Bonchev–Trinajstić information content (AvgIpc) is 3.38. The first-order chi connectivity index (χ1) is 35.4. The van der Waals surface area contributed by atoms with Crippen molar-refractivity contribution in [1.29, 1.82) is 0 Å². The molecule has 10 heteroatoms. The van der Waals surface area contributed by atoms with Crippen molar-refractivity contribution in [2.75, 3.05) is 52.4 Å². The van der Waals surface area contributed by atoms with E-state index in [2.05, 4.69) is 100 Å². The van der Waals surface area contributed by atoms with Crippen molar-refractivity contribution in [3.8, 4) is 11.5 Å². The van der Waals surface area contributed by atoms with E-state index in [-0.39, 0.29) is 62.6 Å². The molecule has 0 heterocycles. The van der Waals surface area contributed by atoms with Gasteiger partial charge in [-0.3, -0.25) is 9.98 Å². The number of nitrogens with zero attached hydrogens (tertiary/aromatic N) is 4. The first-order valence-electron chi connectivity index (χ1n) is 30.8. The summed E-state index contributed by atoms with van der Waals surface area (Å²) in [5.74, 6) is 0.706. The number of aromatic hydroxyl groups is 2. The van der Waals surface area contributed by atoms with E-state index in [1.165, 1.54) is 201 Å². The average molecular weight is 1130 g/mol. The van der Waals surface area contributed by atoms with E-state index in [4.69, 9.17) is 25.0 Å². The van der Waals surface area contributed by atoms with Crippen LogP contribution in [0.15, 0.2) is 34.3 Å². The minimum atomic E-state index is -1.83. The molecule has 2 aromatic rings. The monoisotopic (exact) mass is 1130 g/mol. The molecule has 1 aliphatic carbocycles. The fourth-order valence-corrected chi connectivity index (χ4v) is 12.2. The molecule has 0 spiro atoms. The number of quaternary nitrogens is 2. The van der Waals surface area contributed by atoms with Crippen LogP contribution < -0.4 is 0 Å². The maximum Gasteiger partial charge on any atom is 0.503 e. The van der Waals surface area contributed by atoms with Crippen molar-refractivity contribution in [2.45, 2.75) is 288 Å². The molecule has 0 aromatic heterocycles. The predicted octanol–water partition coefficient (Wildman–Crippen LogP) is 19.4. The third kappa shape index (κ3) is 27.2. The van der Waals surface area contributed by atoms with Gasteiger partial charge in [-0.15, -0.1) is 0 Å². The molecule has 0 radical (unpaired) electrons. The molecule has 1 fully saturated rings. The van der Waals surface area contributed by atoms with E-state index < -0.39 is 6.16 Å². The number of carboxylic acid groups (broad SMARTS) is 2. The summed E-state index contributed by atoms with van der Waals surface area (Å²) in [6.45, 7) is 38.3. The fourth-order valence-electron chi connectivity index (χ4n) is 12.2. The van der Waals surface area contributed by atoms with E-state index >= 15 is 0 Å². The van der Waals surface area contributed by atoms with Gasteiger partial charge in [0.15, 0.2) is 0 Å². The van der Waals surface area contributed by atoms with E-state index in [1.54, 1.807) is 0 Å². The molecular formula is C68H127CrN4O5+. The van der Waals surface area contributed by atoms with E-state index in [0.717, 1.165) is 60.8 Å². The molecule has 0 amide bonds. The maximum absolute atomic E-state index is 11.8. The van der Waals surface area contributed by atoms with Gasteiger partial charge in [0.05, 0.1) is 64.4 Å². The second-order valence-electron chi connectivity index (χ2n) is 23.8. The topological polar surface area (TPSA) is 123 Å². The van der Waals surface area contributed by atoms with Crippen molar-refractivity contribution < 1.29 is 51.5 Å². The maximum atomic E-state index is 11.8. The smallest absolute Gasteiger partial charge is 0.503 e. The van der Waals surface area contributed by atoms with Crippen molar-refractivity contribution in [3.63, 3.8) is 0 Å². The zero-order chi connectivity index (χ0) is 55.0. The third-order valence-corrected chi connectivity index (χ3v) is 17.4. The summed E-state index contributed by atoms with van der Waals surface area (Å²) in [5.41, 5.74) is 6.34. The van der Waals surface area contributed by atoms with Gasteiger partial charge in [0.25, 0.3) is 0 Å². The van der Waals surface area contributed by atoms with Crippen LogP contribution >= 0.6 is 0 Å². The Kier molecular flexibility index (Phi) is 43.6. The second-order valence-corrected chi connectivity index (χ2v) is 23.8. The number of carbonyl (C=O) groups is 1. The van der Waals surface area contributed by atoms with E-state index in [9.17, 15) is 10.2 Å². The summed E-state index contributed by atoms with van der Waals surface area (Å²) >= 11 is 0. The van der Waals surface area contributed by atoms with Crippen LogP contribution in [0, 0.1) is 21.3 Å². The van der Waals surface area contributed by atoms with Gasteiger partial charge in [0, 0.05) is 40.9 Å². The van der Waals surface area contributed by atoms with Crippen LogP contribution in [0.25, 0.3) is 0 Å². The number of hydrogen-bond acceptors (Lipinski definition) is 5. The molecule has 4 N–H and O–H groups in total. The third-order valence-electron chi connectivity index (χ3n) is 17.4. The fraction of sp³-hybridized carbons (Fsp3) is 0.765. The summed E-state index contributed by atoms with van der Waals surface area (Å²) < 4.78 is 2.58. The van der Waals surface area contributed by atoms with Crippen LogP contribution in [0.3, 0.4) is 0 Å². The van der Waals surface area contributed by atoms with Crippen LogP contribution in [0.1, 0.15) is 284 Å². The number of rotatable bonds is 38. The molecule has 0 bridgehead atoms. The zero-order valence-electron chi connectivity index (χ0n) is 51.6. The minimum Gasteiger partial charge on any atom is -0.507 e. The first kappa shape index (κ1) is 79.3. The number of hydrogen-bond donors (Lipinski definition) is 4. The molecule has 2 atom stereocenters. The summed E-state index contributed by atoms with van der Waals surface area (Å²) in [5, 5.41) is 37.1. The van der Waals surface area contributed by atoms with Crippen molar-refractivity contribution >= 4 is 18.6 Å². The van der Waals surface area contributed by atoms with Crippen LogP contribution in [-0.4, -0.2) is 112 Å². The zero-order valence-corrected chi connectivity index (χ0v) is 52.8. The van der Waals surface area contributed by atoms with Gasteiger partial charge < -0.3 is 36.8 Å². The van der Waals surface area contributed by atoms with Gasteiger partial charge in [-0.2, -0.15) is 0 Å². The summed E-state index contributed by atoms with van der Waals surface area (Å²) in [6, 6.07) is 9.18. The Balaban J connectivity index is -0.00000678. The Morgan fingerprint density at radius 3 is 1.00 bits per heavy atom. The SMILES string of the molecule is C.C.CCCCC(C)(CCCC)c1cc(C)c(O)c(C=NC2CCCCC2N=Cc2cc(C(C)(CCC[N+](CCCC)(CCCC)CCCC)CCC[N+](CCCC)(CCCC)CCCC)cc(C)c2O)c1.O=C(O)O.[CH3-].[Cr]. The molecular weight excluding hydrogens is 1000 g/mol. The molecule has 78 heavy (non-hydrogen) atoms. The number of phenols is 2. The van der Waals surface area contributed by atoms with Crippen LogP contribution in [0.5, 0.6) is 11.5 Å². The van der Waals surface area contributed by atoms with E-state index in [0.29, 0.717) is 11.5 Å². The number of unbranched alkanes of at least 4 members (excludes halogenated alkanes) is 8. The Labute approximate surface area is 494 Å². The quantitative estimate of drug-likeness (QED) is 0.0303. The van der Waals surface area contributed by atoms with Crippen LogP contribution in [0.4, 0.5) is 4.79 Å². The van der Waals surface area contributed by atoms with Gasteiger partial charge in [-0.05, 0) is 149 Å². The van der Waals surface area contributed by atoms with Crippen LogP contribution in [-0.2, 0) is 28.2 Å². The Morgan fingerprint density at radius 2 is 0.744 bits per heavy atom. The van der Waals surface area contributed by atoms with Gasteiger partial charge in [0.1, 0.15) is 11.5 Å². The van der Waals surface area contributed by atoms with Crippen molar-refractivity contribution in [2.24, 2.45) is 9.98 Å². The summed E-state index contributed by atoms with van der Waals surface area (Å²) in [4.78, 5) is 19.1. The minimum absolute atomic E-state index is 0. The molecule has 1 saturated carbocycles. The van der Waals surface area contributed by atoms with E-state index in [1.807, 2.05) is 19.4 Å². The molecule has 9 nitrogen and oxygen atoms in total. The van der Waals surface area contributed by atoms with Crippen LogP contribution in [0.2, 0.25) is 0 Å². The molecule has 2 aromatic carbocycles. The van der Waals surface area contributed by atoms with Gasteiger partial charge in [-0.1, -0.05) is 173 Å². The molecule has 1 aliphatic rings. The number of aliphatic imine (C=N–C) groups is 2. The molecule has 3 rings (SSSR count). The Bertz CT molecular complexity index is 1820. The second kappa shape index (κ2) is 42.9. The molecule has 454 valence electrons. The summed E-state index contributed by atoms with van der Waals surface area (Å²) in [6.07, 6.45) is 33.8. The Hall–Kier alpha value is -2.90. The first-order valence-corrected chi connectivity index (χ1v) is 30.8. The molecule has 0 saturated heterocycles. The standard InChI is InChI=1S/C64H112N4O2.CH2O3.2CH4.CH3.Cr/c1-13-21-35-63(11,36-22-14-2)57-47-53(9)61(69)55(49-57)51-65-59-33-29-30-34-60(59)66-52-56-50-58(48-54(10)62(56)70)64(12,37-31-45-67(39-23-15-3,40-24-16-4)41-25-17-5)38-32-46-68(42-26-18-6,43-27-19-7)44-28-20-8;2-1(3)4;;;;/h47-52,59-60H,13-46H2,1-12H3;(H2,2,3,4);2*1H4;1H3;/q;;;;-1;/p+2. The van der Waals surface area contributed by atoms with Crippen molar-refractivity contribution in [1.82, 2.24) is 0 Å². The molecule has 0 aliphatic heterocycles. The van der Waals surface area contributed by atoms with Crippen molar-refractivity contribution in [3.05, 3.63) is 65.1 Å². The largest absolute Gasteiger partial charge is 0.507 e. The number of benzene rings is 2. The van der Waals surface area contributed by atoms with Gasteiger partial charge >= 0.3 is 6.16 Å². The predicted molar refractivity (Wildman–Crippen MR) is 339 cm³/mol. The summed E-state index contributed by atoms with van der Waals surface area (Å²) in [7, 11) is 0. The number of phenolic OH excluding ortho intramolecular Hbond substituents is 2. The Morgan fingerprint density at radius 1 is 0.500 bits per heavy atom. The normalized spacial score (nSPS) is 15.0. The number of aryl methyl sites for hydroxylation is 2. The molecule has 2 unspecified atom stereocenters. The van der Waals surface area contributed by atoms with Gasteiger partial charge in [0.2, 0.25) is 0 Å². The van der Waals surface area contributed by atoms with Gasteiger partial charge in [-0.25, -0.2) is 4.79 Å².